The molecule has 3 heteroatoms. The molecule has 2 aromatic rings. The van der Waals surface area contributed by atoms with Gasteiger partial charge in [-0.05, 0) is 36.1 Å². The fourth-order valence-corrected chi connectivity index (χ4v) is 4.60. The zero-order valence-corrected chi connectivity index (χ0v) is 18.3. The van der Waals surface area contributed by atoms with Gasteiger partial charge in [-0.2, -0.15) is 0 Å². The first-order valence-corrected chi connectivity index (χ1v) is 10.9. The monoisotopic (exact) mass is 401 g/mol. The van der Waals surface area contributed by atoms with E-state index >= 15 is 0 Å². The summed E-state index contributed by atoms with van der Waals surface area (Å²) in [7, 11) is 1.73. The number of ether oxygens (including phenoxy) is 2. The quantitative estimate of drug-likeness (QED) is 0.541. The molecule has 30 heavy (non-hydrogen) atoms. The summed E-state index contributed by atoms with van der Waals surface area (Å²) in [5, 5.41) is 0. The molecule has 1 aliphatic heterocycles. The van der Waals surface area contributed by atoms with Crippen molar-refractivity contribution in [1.82, 2.24) is 0 Å². The van der Waals surface area contributed by atoms with Crippen LogP contribution in [0.1, 0.15) is 50.5 Å². The zero-order chi connectivity index (χ0) is 21.1. The van der Waals surface area contributed by atoms with Gasteiger partial charge in [0.15, 0.2) is 12.0 Å². The van der Waals surface area contributed by atoms with Crippen LogP contribution in [0.3, 0.4) is 0 Å². The van der Waals surface area contributed by atoms with Gasteiger partial charge in [-0.1, -0.05) is 87.0 Å². The van der Waals surface area contributed by atoms with Crippen molar-refractivity contribution in [2.24, 2.45) is 22.2 Å². The van der Waals surface area contributed by atoms with Crippen LogP contribution in [0.2, 0.25) is 0 Å². The number of nitrogens with zero attached hydrogens (tertiary/aromatic N) is 1. The predicted octanol–water partition coefficient (Wildman–Crippen LogP) is 6.67. The molecule has 1 aliphatic carbocycles. The molecule has 2 aromatic carbocycles. The maximum atomic E-state index is 6.68. The van der Waals surface area contributed by atoms with Crippen molar-refractivity contribution < 1.29 is 9.47 Å². The van der Waals surface area contributed by atoms with E-state index in [1.54, 1.807) is 7.11 Å². The van der Waals surface area contributed by atoms with Crippen molar-refractivity contribution in [2.75, 3.05) is 7.11 Å². The van der Waals surface area contributed by atoms with Crippen molar-refractivity contribution in [1.29, 1.82) is 0 Å². The number of rotatable bonds is 6. The van der Waals surface area contributed by atoms with Gasteiger partial charge in [0.05, 0.1) is 12.5 Å². The fourth-order valence-electron chi connectivity index (χ4n) is 4.60. The summed E-state index contributed by atoms with van der Waals surface area (Å²) in [6.07, 6.45) is 7.47. The van der Waals surface area contributed by atoms with E-state index in [9.17, 15) is 0 Å². The first-order chi connectivity index (χ1) is 14.6. The first-order valence-electron chi connectivity index (χ1n) is 10.9. The second kappa shape index (κ2) is 8.51. The Morgan fingerprint density at radius 1 is 1.03 bits per heavy atom. The zero-order valence-electron chi connectivity index (χ0n) is 18.3. The van der Waals surface area contributed by atoms with Crippen LogP contribution in [0.25, 0.3) is 0 Å². The van der Waals surface area contributed by atoms with Gasteiger partial charge >= 0.3 is 0 Å². The van der Waals surface area contributed by atoms with Crippen LogP contribution in [-0.4, -0.2) is 13.0 Å². The molecule has 0 radical (unpaired) electrons. The SMILES string of the molecule is CCC(C)[C@@H]1C=C(OC)C=C[C@]1(C)C1=N[C@H](c2ccccc2)[C@@H](c2ccccc2)O1. The highest BCUT2D eigenvalue weighted by Gasteiger charge is 2.47. The number of allylic oxidation sites excluding steroid dienone is 2. The average molecular weight is 402 g/mol. The van der Waals surface area contributed by atoms with Crippen molar-refractivity contribution in [3.8, 4) is 0 Å². The summed E-state index contributed by atoms with van der Waals surface area (Å²) in [6.45, 7) is 6.78. The van der Waals surface area contributed by atoms with Gasteiger partial charge in [-0.25, -0.2) is 4.99 Å². The van der Waals surface area contributed by atoms with E-state index < -0.39 is 0 Å². The van der Waals surface area contributed by atoms with E-state index in [0.717, 1.165) is 23.6 Å². The first kappa shape index (κ1) is 20.5. The topological polar surface area (TPSA) is 30.8 Å². The molecule has 3 nitrogen and oxygen atoms in total. The maximum Gasteiger partial charge on any atom is 0.195 e. The largest absolute Gasteiger partial charge is 0.497 e. The summed E-state index contributed by atoms with van der Waals surface area (Å²) in [4.78, 5) is 5.20. The third-order valence-corrected chi connectivity index (χ3v) is 6.63. The number of aliphatic imine (C=N–C) groups is 1. The molecule has 0 amide bonds. The molecule has 0 saturated carbocycles. The third-order valence-electron chi connectivity index (χ3n) is 6.63. The molecule has 4 rings (SSSR count). The minimum Gasteiger partial charge on any atom is -0.497 e. The molecule has 0 spiro atoms. The molecule has 1 unspecified atom stereocenters. The highest BCUT2D eigenvalue weighted by molar-refractivity contribution is 5.87. The Morgan fingerprint density at radius 2 is 1.67 bits per heavy atom. The summed E-state index contributed by atoms with van der Waals surface area (Å²) in [5.74, 6) is 2.46. The van der Waals surface area contributed by atoms with Gasteiger partial charge in [0.2, 0.25) is 0 Å². The van der Waals surface area contributed by atoms with Crippen LogP contribution >= 0.6 is 0 Å². The number of hydrogen-bond acceptors (Lipinski definition) is 3. The van der Waals surface area contributed by atoms with Crippen LogP contribution in [0, 0.1) is 17.3 Å². The molecule has 156 valence electrons. The third kappa shape index (κ3) is 3.69. The summed E-state index contributed by atoms with van der Waals surface area (Å²) >= 11 is 0. The lowest BCUT2D eigenvalue weighted by Gasteiger charge is -2.38. The smallest absolute Gasteiger partial charge is 0.195 e. The van der Waals surface area contributed by atoms with Crippen LogP contribution < -0.4 is 0 Å². The molecule has 5 atom stereocenters. The van der Waals surface area contributed by atoms with Crippen LogP contribution in [0.4, 0.5) is 0 Å². The van der Waals surface area contributed by atoms with E-state index in [2.05, 4.69) is 87.5 Å². The highest BCUT2D eigenvalue weighted by atomic mass is 16.5. The van der Waals surface area contributed by atoms with E-state index in [1.807, 2.05) is 12.1 Å². The Kier molecular flexibility index (Phi) is 5.80. The maximum absolute atomic E-state index is 6.68. The predicted molar refractivity (Wildman–Crippen MR) is 122 cm³/mol. The number of hydrogen-bond donors (Lipinski definition) is 0. The van der Waals surface area contributed by atoms with Crippen LogP contribution in [0.5, 0.6) is 0 Å². The summed E-state index contributed by atoms with van der Waals surface area (Å²) < 4.78 is 12.2. The molecule has 0 bridgehead atoms. The van der Waals surface area contributed by atoms with E-state index in [4.69, 9.17) is 14.5 Å². The normalized spacial score (nSPS) is 29.0. The fraction of sp³-hybridized carbons (Fsp3) is 0.370. The minimum absolute atomic E-state index is 0.0563. The number of benzene rings is 2. The van der Waals surface area contributed by atoms with Gasteiger partial charge in [0.25, 0.3) is 0 Å². The van der Waals surface area contributed by atoms with Crippen molar-refractivity contribution >= 4 is 5.90 Å². The lowest BCUT2D eigenvalue weighted by atomic mass is 9.67. The molecule has 0 fully saturated rings. The molecular formula is C27H31NO2. The van der Waals surface area contributed by atoms with Crippen molar-refractivity contribution in [3.63, 3.8) is 0 Å². The van der Waals surface area contributed by atoms with E-state index in [1.165, 1.54) is 5.56 Å². The Balaban J connectivity index is 1.76. The summed E-state index contributed by atoms with van der Waals surface area (Å²) in [6, 6.07) is 20.9. The van der Waals surface area contributed by atoms with Crippen LogP contribution in [-0.2, 0) is 9.47 Å². The highest BCUT2D eigenvalue weighted by Crippen LogP contribution is 2.49. The molecule has 2 aliphatic rings. The van der Waals surface area contributed by atoms with Crippen molar-refractivity contribution in [3.05, 3.63) is 95.8 Å². The van der Waals surface area contributed by atoms with Crippen LogP contribution in [0.15, 0.2) is 89.6 Å². The second-order valence-corrected chi connectivity index (χ2v) is 8.54. The molecule has 0 saturated heterocycles. The lowest BCUT2D eigenvalue weighted by molar-refractivity contribution is 0.157. The number of methoxy groups -OCH3 is 1. The Bertz CT molecular complexity index is 947. The van der Waals surface area contributed by atoms with Crippen molar-refractivity contribution in [2.45, 2.75) is 39.3 Å². The molecule has 0 aromatic heterocycles. The van der Waals surface area contributed by atoms with Gasteiger partial charge in [-0.15, -0.1) is 0 Å². The Hall–Kier alpha value is -2.81. The van der Waals surface area contributed by atoms with Gasteiger partial charge in [0.1, 0.15) is 11.8 Å². The van der Waals surface area contributed by atoms with E-state index in [-0.39, 0.29) is 23.5 Å². The second-order valence-electron chi connectivity index (χ2n) is 8.54. The standard InChI is InChI=1S/C27H31NO2/c1-5-19(2)23-18-22(29-4)16-17-27(23,3)26-28-24(20-12-8-6-9-13-20)25(30-26)21-14-10-7-11-15-21/h6-19,23-25H,5H2,1-4H3/t19?,23-,24+,25+,27-/m0/s1. The average Bonchev–Trinajstić information content (AvgIpc) is 3.26. The van der Waals surface area contributed by atoms with Gasteiger partial charge in [-0.3, -0.25) is 0 Å². The molecule has 1 heterocycles. The molecular weight excluding hydrogens is 370 g/mol. The molecule has 0 N–H and O–H groups in total. The van der Waals surface area contributed by atoms with Gasteiger partial charge in [0, 0.05) is 5.92 Å². The van der Waals surface area contributed by atoms with E-state index in [0.29, 0.717) is 5.92 Å². The Morgan fingerprint density at radius 3 is 2.27 bits per heavy atom. The lowest BCUT2D eigenvalue weighted by Crippen LogP contribution is -2.38. The Labute approximate surface area is 180 Å². The summed E-state index contributed by atoms with van der Waals surface area (Å²) in [5.41, 5.74) is 2.02. The minimum atomic E-state index is -0.311. The van der Waals surface area contributed by atoms with Gasteiger partial charge < -0.3 is 9.47 Å².